The van der Waals surface area contributed by atoms with E-state index in [0.717, 1.165) is 32.2 Å². The van der Waals surface area contributed by atoms with E-state index in [1.54, 1.807) is 0 Å². The Hall–Kier alpha value is -1.00. The lowest BCUT2D eigenvalue weighted by molar-refractivity contribution is 0.103. The standard InChI is InChI=1S/C14H20F2N2/c1-11(2)18-7-5-17(6-8-18)10-12-9-13(15)3-4-14(12)16/h3-4,9,11H,5-8,10H2,1-2H3. The first-order valence-corrected chi connectivity index (χ1v) is 6.46. The van der Waals surface area contributed by atoms with Crippen LogP contribution >= 0.6 is 0 Å². The smallest absolute Gasteiger partial charge is 0.127 e. The predicted molar refractivity (Wildman–Crippen MR) is 68.3 cm³/mol. The minimum atomic E-state index is -0.368. The van der Waals surface area contributed by atoms with Gasteiger partial charge in [-0.3, -0.25) is 9.80 Å². The topological polar surface area (TPSA) is 6.48 Å². The zero-order chi connectivity index (χ0) is 13.1. The van der Waals surface area contributed by atoms with Crippen LogP contribution in [-0.4, -0.2) is 42.0 Å². The fraction of sp³-hybridized carbons (Fsp3) is 0.571. The maximum atomic E-state index is 13.5. The molecule has 0 saturated carbocycles. The first-order chi connectivity index (χ1) is 8.56. The van der Waals surface area contributed by atoms with Crippen LogP contribution in [0.3, 0.4) is 0 Å². The van der Waals surface area contributed by atoms with Gasteiger partial charge in [-0.2, -0.15) is 0 Å². The maximum absolute atomic E-state index is 13.5. The fourth-order valence-corrected chi connectivity index (χ4v) is 2.34. The van der Waals surface area contributed by atoms with Crippen molar-refractivity contribution in [3.05, 3.63) is 35.4 Å². The van der Waals surface area contributed by atoms with Crippen LogP contribution < -0.4 is 0 Å². The summed E-state index contributed by atoms with van der Waals surface area (Å²) in [5.74, 6) is -0.685. The molecule has 0 aliphatic carbocycles. The molecule has 0 aromatic heterocycles. The molecular weight excluding hydrogens is 234 g/mol. The Morgan fingerprint density at radius 2 is 1.78 bits per heavy atom. The van der Waals surface area contributed by atoms with Gasteiger partial charge in [0.15, 0.2) is 0 Å². The van der Waals surface area contributed by atoms with Gasteiger partial charge in [0.1, 0.15) is 11.6 Å². The van der Waals surface area contributed by atoms with Crippen molar-refractivity contribution >= 4 is 0 Å². The zero-order valence-electron chi connectivity index (χ0n) is 11.0. The highest BCUT2D eigenvalue weighted by Crippen LogP contribution is 2.14. The largest absolute Gasteiger partial charge is 0.298 e. The summed E-state index contributed by atoms with van der Waals surface area (Å²) < 4.78 is 26.6. The highest BCUT2D eigenvalue weighted by Gasteiger charge is 2.19. The second-order valence-corrected chi connectivity index (χ2v) is 5.14. The first kappa shape index (κ1) is 13.4. The van der Waals surface area contributed by atoms with Crippen LogP contribution in [0.5, 0.6) is 0 Å². The SMILES string of the molecule is CC(C)N1CCN(Cc2cc(F)ccc2F)CC1. The van der Waals surface area contributed by atoms with Crippen LogP contribution in [0.15, 0.2) is 18.2 Å². The van der Waals surface area contributed by atoms with E-state index < -0.39 is 0 Å². The van der Waals surface area contributed by atoms with Crippen molar-refractivity contribution in [1.29, 1.82) is 0 Å². The Morgan fingerprint density at radius 1 is 1.11 bits per heavy atom. The Morgan fingerprint density at radius 3 is 2.39 bits per heavy atom. The van der Waals surface area contributed by atoms with Gasteiger partial charge in [-0.15, -0.1) is 0 Å². The molecule has 18 heavy (non-hydrogen) atoms. The van der Waals surface area contributed by atoms with E-state index in [4.69, 9.17) is 0 Å². The molecule has 0 atom stereocenters. The van der Waals surface area contributed by atoms with Crippen molar-refractivity contribution in [3.8, 4) is 0 Å². The molecule has 0 radical (unpaired) electrons. The summed E-state index contributed by atoms with van der Waals surface area (Å²) in [4.78, 5) is 4.58. The molecule has 1 saturated heterocycles. The van der Waals surface area contributed by atoms with Gasteiger partial charge in [-0.1, -0.05) is 0 Å². The Bertz CT molecular complexity index is 399. The summed E-state index contributed by atoms with van der Waals surface area (Å²) in [5, 5.41) is 0. The van der Waals surface area contributed by atoms with Crippen molar-refractivity contribution in [2.24, 2.45) is 0 Å². The Balaban J connectivity index is 1.93. The van der Waals surface area contributed by atoms with Crippen molar-refractivity contribution in [3.63, 3.8) is 0 Å². The van der Waals surface area contributed by atoms with Crippen LogP contribution in [0.2, 0.25) is 0 Å². The molecule has 1 aromatic carbocycles. The molecule has 1 aliphatic rings. The van der Waals surface area contributed by atoms with Gasteiger partial charge < -0.3 is 0 Å². The monoisotopic (exact) mass is 254 g/mol. The number of hydrogen-bond donors (Lipinski definition) is 0. The summed E-state index contributed by atoms with van der Waals surface area (Å²) in [6.07, 6.45) is 0. The average molecular weight is 254 g/mol. The second kappa shape index (κ2) is 5.76. The maximum Gasteiger partial charge on any atom is 0.127 e. The van der Waals surface area contributed by atoms with Crippen molar-refractivity contribution < 1.29 is 8.78 Å². The van der Waals surface area contributed by atoms with Gasteiger partial charge in [0.25, 0.3) is 0 Å². The third kappa shape index (κ3) is 3.27. The molecule has 0 amide bonds. The van der Waals surface area contributed by atoms with Crippen molar-refractivity contribution in [1.82, 2.24) is 9.80 Å². The normalized spacial score (nSPS) is 18.5. The third-order valence-corrected chi connectivity index (χ3v) is 3.54. The molecule has 1 fully saturated rings. The van der Waals surface area contributed by atoms with E-state index in [2.05, 4.69) is 23.6 Å². The van der Waals surface area contributed by atoms with Crippen molar-refractivity contribution in [2.75, 3.05) is 26.2 Å². The van der Waals surface area contributed by atoms with Gasteiger partial charge in [0.05, 0.1) is 0 Å². The summed E-state index contributed by atoms with van der Waals surface area (Å²) in [5.41, 5.74) is 0.452. The lowest BCUT2D eigenvalue weighted by atomic mass is 10.1. The molecule has 0 N–H and O–H groups in total. The van der Waals surface area contributed by atoms with Gasteiger partial charge in [0.2, 0.25) is 0 Å². The van der Waals surface area contributed by atoms with Crippen LogP contribution in [0, 0.1) is 11.6 Å². The first-order valence-electron chi connectivity index (χ1n) is 6.46. The molecule has 100 valence electrons. The quantitative estimate of drug-likeness (QED) is 0.817. The molecule has 1 heterocycles. The summed E-state index contributed by atoms with van der Waals surface area (Å²) >= 11 is 0. The molecule has 1 aromatic rings. The van der Waals surface area contributed by atoms with Crippen LogP contribution in [0.25, 0.3) is 0 Å². The average Bonchev–Trinajstić information content (AvgIpc) is 2.34. The highest BCUT2D eigenvalue weighted by molar-refractivity contribution is 5.18. The zero-order valence-corrected chi connectivity index (χ0v) is 11.0. The Labute approximate surface area is 107 Å². The van der Waals surface area contributed by atoms with E-state index in [1.165, 1.54) is 12.1 Å². The van der Waals surface area contributed by atoms with E-state index in [9.17, 15) is 8.78 Å². The number of benzene rings is 1. The fourth-order valence-electron chi connectivity index (χ4n) is 2.34. The number of rotatable bonds is 3. The van der Waals surface area contributed by atoms with E-state index in [0.29, 0.717) is 18.2 Å². The molecule has 1 aliphatic heterocycles. The molecule has 2 rings (SSSR count). The van der Waals surface area contributed by atoms with Crippen LogP contribution in [-0.2, 0) is 6.54 Å². The van der Waals surface area contributed by atoms with E-state index in [-0.39, 0.29) is 11.6 Å². The number of hydrogen-bond acceptors (Lipinski definition) is 2. The molecule has 0 spiro atoms. The summed E-state index contributed by atoms with van der Waals surface area (Å²) in [6.45, 7) is 8.67. The number of halogens is 2. The van der Waals surface area contributed by atoms with Gasteiger partial charge >= 0.3 is 0 Å². The minimum absolute atomic E-state index is 0.317. The highest BCUT2D eigenvalue weighted by atomic mass is 19.1. The van der Waals surface area contributed by atoms with Crippen LogP contribution in [0.4, 0.5) is 8.78 Å². The van der Waals surface area contributed by atoms with Gasteiger partial charge in [-0.25, -0.2) is 8.78 Å². The minimum Gasteiger partial charge on any atom is -0.298 e. The van der Waals surface area contributed by atoms with Gasteiger partial charge in [-0.05, 0) is 32.0 Å². The van der Waals surface area contributed by atoms with Gasteiger partial charge in [0, 0.05) is 44.3 Å². The Kier molecular flexibility index (Phi) is 4.30. The van der Waals surface area contributed by atoms with Crippen LogP contribution in [0.1, 0.15) is 19.4 Å². The van der Waals surface area contributed by atoms with E-state index in [1.807, 2.05) is 0 Å². The third-order valence-electron chi connectivity index (χ3n) is 3.54. The lowest BCUT2D eigenvalue weighted by Crippen LogP contribution is -2.48. The molecule has 0 unspecified atom stereocenters. The molecule has 4 heteroatoms. The number of piperazine rings is 1. The predicted octanol–water partition coefficient (Wildman–Crippen LogP) is 2.49. The van der Waals surface area contributed by atoms with Crippen molar-refractivity contribution in [2.45, 2.75) is 26.4 Å². The second-order valence-electron chi connectivity index (χ2n) is 5.14. The lowest BCUT2D eigenvalue weighted by Gasteiger charge is -2.36. The molecular formula is C14H20F2N2. The van der Waals surface area contributed by atoms with E-state index >= 15 is 0 Å². The molecule has 0 bridgehead atoms. The summed E-state index contributed by atoms with van der Waals surface area (Å²) in [7, 11) is 0. The number of nitrogens with zero attached hydrogens (tertiary/aromatic N) is 2. The molecule has 2 nitrogen and oxygen atoms in total. The summed E-state index contributed by atoms with van der Waals surface area (Å²) in [6, 6.07) is 4.22.